The smallest absolute Gasteiger partial charge is 0.228 e. The molecule has 1 aromatic heterocycles. The Balaban J connectivity index is 1.72. The number of rotatable bonds is 3. The Morgan fingerprint density at radius 2 is 2.45 bits per heavy atom. The molecule has 3 rings (SSSR count). The Kier molecular flexibility index (Phi) is 3.74. The van der Waals surface area contributed by atoms with Gasteiger partial charge in [0.15, 0.2) is 0 Å². The van der Waals surface area contributed by atoms with E-state index in [1.807, 2.05) is 25.3 Å². The van der Waals surface area contributed by atoms with Gasteiger partial charge in [-0.1, -0.05) is 18.9 Å². The zero-order valence-electron chi connectivity index (χ0n) is 12.1. The second kappa shape index (κ2) is 5.52. The first-order chi connectivity index (χ1) is 9.72. The largest absolute Gasteiger partial charge is 0.349 e. The van der Waals surface area contributed by atoms with E-state index in [0.717, 1.165) is 25.1 Å². The van der Waals surface area contributed by atoms with Crippen molar-refractivity contribution < 1.29 is 4.79 Å². The highest BCUT2D eigenvalue weighted by Crippen LogP contribution is 2.44. The SMILES string of the molecule is C[C@H](NC(=O)[C@@]12CCCC[C@H]1CNC2)c1cccnc1. The van der Waals surface area contributed by atoms with Crippen molar-refractivity contribution in [3.05, 3.63) is 30.1 Å². The van der Waals surface area contributed by atoms with E-state index < -0.39 is 0 Å². The summed E-state index contributed by atoms with van der Waals surface area (Å²) in [6.07, 6.45) is 8.23. The normalized spacial score (nSPS) is 30.6. The van der Waals surface area contributed by atoms with Gasteiger partial charge < -0.3 is 10.6 Å². The predicted molar refractivity (Wildman–Crippen MR) is 78.1 cm³/mol. The first kappa shape index (κ1) is 13.6. The molecule has 1 saturated carbocycles. The van der Waals surface area contributed by atoms with Crippen molar-refractivity contribution in [1.82, 2.24) is 15.6 Å². The van der Waals surface area contributed by atoms with Gasteiger partial charge in [0.25, 0.3) is 0 Å². The predicted octanol–water partition coefficient (Wildman–Crippen LogP) is 2.04. The third-order valence-corrected chi connectivity index (χ3v) is 5.02. The minimum Gasteiger partial charge on any atom is -0.349 e. The molecule has 108 valence electrons. The van der Waals surface area contributed by atoms with Gasteiger partial charge in [-0.05, 0) is 43.9 Å². The maximum atomic E-state index is 12.8. The van der Waals surface area contributed by atoms with Crippen LogP contribution in [0.5, 0.6) is 0 Å². The highest BCUT2D eigenvalue weighted by Gasteiger charge is 2.49. The Morgan fingerprint density at radius 1 is 1.55 bits per heavy atom. The number of nitrogens with one attached hydrogen (secondary N) is 2. The van der Waals surface area contributed by atoms with Crippen LogP contribution in [-0.4, -0.2) is 24.0 Å². The van der Waals surface area contributed by atoms with Gasteiger partial charge in [0.05, 0.1) is 11.5 Å². The Morgan fingerprint density at radius 3 is 3.25 bits per heavy atom. The summed E-state index contributed by atoms with van der Waals surface area (Å²) in [5.41, 5.74) is 0.893. The summed E-state index contributed by atoms with van der Waals surface area (Å²) < 4.78 is 0. The summed E-state index contributed by atoms with van der Waals surface area (Å²) in [6, 6.07) is 3.95. The van der Waals surface area contributed by atoms with Crippen molar-refractivity contribution in [2.45, 2.75) is 38.6 Å². The molecule has 1 aliphatic carbocycles. The van der Waals surface area contributed by atoms with Gasteiger partial charge in [0, 0.05) is 18.9 Å². The number of carbonyl (C=O) groups excluding carboxylic acids is 1. The van der Waals surface area contributed by atoms with E-state index in [2.05, 4.69) is 15.6 Å². The molecule has 2 aliphatic rings. The lowest BCUT2D eigenvalue weighted by Gasteiger charge is -2.38. The van der Waals surface area contributed by atoms with Crippen molar-refractivity contribution in [3.63, 3.8) is 0 Å². The van der Waals surface area contributed by atoms with Crippen molar-refractivity contribution in [3.8, 4) is 0 Å². The van der Waals surface area contributed by atoms with Crippen LogP contribution in [0.25, 0.3) is 0 Å². The molecule has 20 heavy (non-hydrogen) atoms. The van der Waals surface area contributed by atoms with Crippen LogP contribution in [0.2, 0.25) is 0 Å². The minimum atomic E-state index is -0.172. The van der Waals surface area contributed by atoms with Crippen molar-refractivity contribution in [2.24, 2.45) is 11.3 Å². The summed E-state index contributed by atoms with van der Waals surface area (Å²) in [4.78, 5) is 16.9. The number of pyridine rings is 1. The Hall–Kier alpha value is -1.42. The topological polar surface area (TPSA) is 54.0 Å². The standard InChI is InChI=1S/C16H23N3O/c1-12(13-5-4-8-17-9-13)19-15(20)16-7-3-2-6-14(16)10-18-11-16/h4-5,8-9,12,14,18H,2-3,6-7,10-11H2,1H3,(H,19,20)/t12-,14-,16+/m0/s1. The van der Waals surface area contributed by atoms with E-state index >= 15 is 0 Å². The molecule has 4 nitrogen and oxygen atoms in total. The van der Waals surface area contributed by atoms with Crippen molar-refractivity contribution in [1.29, 1.82) is 0 Å². The van der Waals surface area contributed by atoms with Gasteiger partial charge in [-0.3, -0.25) is 9.78 Å². The minimum absolute atomic E-state index is 0.0220. The number of fused-ring (bicyclic) bond motifs is 1. The lowest BCUT2D eigenvalue weighted by Crippen LogP contribution is -2.48. The maximum Gasteiger partial charge on any atom is 0.228 e. The number of hydrogen-bond acceptors (Lipinski definition) is 3. The van der Waals surface area contributed by atoms with E-state index in [1.165, 1.54) is 19.3 Å². The van der Waals surface area contributed by atoms with Crippen LogP contribution in [0.15, 0.2) is 24.5 Å². The van der Waals surface area contributed by atoms with Gasteiger partial charge in [-0.2, -0.15) is 0 Å². The first-order valence-corrected chi connectivity index (χ1v) is 7.64. The number of carbonyl (C=O) groups is 1. The zero-order chi connectivity index (χ0) is 14.0. The van der Waals surface area contributed by atoms with Crippen molar-refractivity contribution >= 4 is 5.91 Å². The fourth-order valence-electron chi connectivity index (χ4n) is 3.75. The molecule has 1 amide bonds. The zero-order valence-corrected chi connectivity index (χ0v) is 12.1. The first-order valence-electron chi connectivity index (χ1n) is 7.64. The molecule has 0 spiro atoms. The molecule has 2 heterocycles. The van der Waals surface area contributed by atoms with E-state index in [0.29, 0.717) is 5.92 Å². The highest BCUT2D eigenvalue weighted by molar-refractivity contribution is 5.84. The number of hydrogen-bond donors (Lipinski definition) is 2. The summed E-state index contributed by atoms with van der Waals surface area (Å²) in [5.74, 6) is 0.737. The van der Waals surface area contributed by atoms with Gasteiger partial charge >= 0.3 is 0 Å². The summed E-state index contributed by atoms with van der Waals surface area (Å²) in [7, 11) is 0. The molecular formula is C16H23N3O. The fraction of sp³-hybridized carbons (Fsp3) is 0.625. The second-order valence-electron chi connectivity index (χ2n) is 6.21. The highest BCUT2D eigenvalue weighted by atomic mass is 16.2. The molecule has 2 N–H and O–H groups in total. The van der Waals surface area contributed by atoms with Crippen LogP contribution in [0.1, 0.15) is 44.2 Å². The second-order valence-corrected chi connectivity index (χ2v) is 6.21. The van der Waals surface area contributed by atoms with Crippen LogP contribution in [0.4, 0.5) is 0 Å². The summed E-state index contributed by atoms with van der Waals surface area (Å²) >= 11 is 0. The lowest BCUT2D eigenvalue weighted by molar-refractivity contribution is -0.134. The van der Waals surface area contributed by atoms with Crippen LogP contribution in [-0.2, 0) is 4.79 Å². The molecule has 0 radical (unpaired) electrons. The molecule has 2 fully saturated rings. The average Bonchev–Trinajstić information content (AvgIpc) is 2.93. The number of nitrogens with zero attached hydrogens (tertiary/aromatic N) is 1. The monoisotopic (exact) mass is 273 g/mol. The molecule has 0 unspecified atom stereocenters. The molecule has 1 aliphatic heterocycles. The molecule has 4 heteroatoms. The lowest BCUT2D eigenvalue weighted by atomic mass is 9.67. The average molecular weight is 273 g/mol. The molecule has 0 aromatic carbocycles. The van der Waals surface area contributed by atoms with Crippen molar-refractivity contribution in [2.75, 3.05) is 13.1 Å². The number of aromatic nitrogens is 1. The third kappa shape index (κ3) is 2.33. The van der Waals surface area contributed by atoms with Crippen LogP contribution < -0.4 is 10.6 Å². The summed E-state index contributed by atoms with van der Waals surface area (Å²) in [6.45, 7) is 3.86. The van der Waals surface area contributed by atoms with Gasteiger partial charge in [0.2, 0.25) is 5.91 Å². The van der Waals surface area contributed by atoms with E-state index in [-0.39, 0.29) is 17.4 Å². The van der Waals surface area contributed by atoms with Gasteiger partial charge in [0.1, 0.15) is 0 Å². The molecule has 3 atom stereocenters. The van der Waals surface area contributed by atoms with E-state index in [9.17, 15) is 4.79 Å². The Bertz CT molecular complexity index is 476. The quantitative estimate of drug-likeness (QED) is 0.886. The van der Waals surface area contributed by atoms with Crippen LogP contribution in [0.3, 0.4) is 0 Å². The summed E-state index contributed by atoms with van der Waals surface area (Å²) in [5, 5.41) is 6.63. The molecule has 1 aromatic rings. The Labute approximate surface area is 120 Å². The molecule has 0 bridgehead atoms. The molecular weight excluding hydrogens is 250 g/mol. The number of amides is 1. The molecule has 1 saturated heterocycles. The van der Waals surface area contributed by atoms with Crippen LogP contribution >= 0.6 is 0 Å². The third-order valence-electron chi connectivity index (χ3n) is 5.02. The van der Waals surface area contributed by atoms with Gasteiger partial charge in [-0.15, -0.1) is 0 Å². The van der Waals surface area contributed by atoms with Gasteiger partial charge in [-0.25, -0.2) is 0 Å². The fourth-order valence-corrected chi connectivity index (χ4v) is 3.75. The maximum absolute atomic E-state index is 12.8. The van der Waals surface area contributed by atoms with Crippen LogP contribution in [0, 0.1) is 11.3 Å². The van der Waals surface area contributed by atoms with E-state index in [4.69, 9.17) is 0 Å². The van der Waals surface area contributed by atoms with E-state index in [1.54, 1.807) is 6.20 Å².